The lowest BCUT2D eigenvalue weighted by atomic mass is 9.89. The molecule has 0 spiro atoms. The minimum Gasteiger partial charge on any atom is -0.369 e. The summed E-state index contributed by atoms with van der Waals surface area (Å²) in [7, 11) is 0. The molecule has 3 saturated heterocycles. The van der Waals surface area contributed by atoms with Crippen molar-refractivity contribution >= 4 is 35.1 Å². The van der Waals surface area contributed by atoms with Crippen LogP contribution in [0.25, 0.3) is 0 Å². The van der Waals surface area contributed by atoms with E-state index in [0.29, 0.717) is 51.0 Å². The average molecular weight is 674 g/mol. The van der Waals surface area contributed by atoms with Crippen molar-refractivity contribution in [2.75, 3.05) is 31.5 Å². The molecular weight excluding hydrogens is 636 g/mol. The van der Waals surface area contributed by atoms with Crippen molar-refractivity contribution < 1.29 is 50.3 Å². The molecule has 47 heavy (non-hydrogen) atoms. The Morgan fingerprint density at radius 2 is 1.70 bits per heavy atom. The molecule has 10 nitrogen and oxygen atoms in total. The summed E-state index contributed by atoms with van der Waals surface area (Å²) < 4.78 is 82.3. The number of anilines is 1. The highest BCUT2D eigenvalue weighted by molar-refractivity contribution is 6.38. The highest BCUT2D eigenvalue weighted by atomic mass is 19.4. The molecule has 3 heterocycles. The van der Waals surface area contributed by atoms with Crippen molar-refractivity contribution in [2.45, 2.75) is 76.7 Å². The molecule has 4 amide bonds. The van der Waals surface area contributed by atoms with Gasteiger partial charge in [0.05, 0.1) is 6.04 Å². The van der Waals surface area contributed by atoms with E-state index in [4.69, 9.17) is 0 Å². The Bertz CT molecular complexity index is 1430. The van der Waals surface area contributed by atoms with Gasteiger partial charge < -0.3 is 25.8 Å². The van der Waals surface area contributed by atoms with Gasteiger partial charge in [0.15, 0.2) is 11.6 Å². The minimum absolute atomic E-state index is 0.0660. The number of nitrogens with one attached hydrogen (secondary N) is 3. The first-order valence-corrected chi connectivity index (χ1v) is 15.7. The second-order valence-electron chi connectivity index (χ2n) is 13.4. The number of benzene rings is 1. The van der Waals surface area contributed by atoms with Gasteiger partial charge in [0, 0.05) is 50.7 Å². The van der Waals surface area contributed by atoms with Crippen molar-refractivity contribution in [2.24, 2.45) is 23.2 Å². The van der Waals surface area contributed by atoms with Gasteiger partial charge in [-0.05, 0) is 49.4 Å². The summed E-state index contributed by atoms with van der Waals surface area (Å²) in [6.07, 6.45) is -5.64. The maximum Gasteiger partial charge on any atom is 0.389 e. The smallest absolute Gasteiger partial charge is 0.369 e. The number of halogens is 6. The zero-order valence-electron chi connectivity index (χ0n) is 25.9. The molecule has 16 heteroatoms. The fourth-order valence-corrected chi connectivity index (χ4v) is 7.09. The molecule has 1 aromatic carbocycles. The van der Waals surface area contributed by atoms with Crippen LogP contribution in [-0.2, 0) is 24.0 Å². The van der Waals surface area contributed by atoms with Crippen LogP contribution in [0, 0.1) is 40.6 Å². The van der Waals surface area contributed by atoms with E-state index in [9.17, 15) is 50.3 Å². The highest BCUT2D eigenvalue weighted by Gasteiger charge is 2.69. The van der Waals surface area contributed by atoms with Gasteiger partial charge in [-0.2, -0.15) is 13.2 Å². The Hall–Kier alpha value is -3.85. The first kappa shape index (κ1) is 34.5. The third-order valence-corrected chi connectivity index (χ3v) is 10.0. The lowest BCUT2D eigenvalue weighted by Gasteiger charge is -2.35. The van der Waals surface area contributed by atoms with E-state index in [0.717, 1.165) is 4.90 Å². The summed E-state index contributed by atoms with van der Waals surface area (Å²) in [4.78, 5) is 69.1. The summed E-state index contributed by atoms with van der Waals surface area (Å²) in [6, 6.07) is -3.95. The largest absolute Gasteiger partial charge is 0.389 e. The molecule has 258 valence electrons. The molecule has 0 bridgehead atoms. The van der Waals surface area contributed by atoms with Crippen LogP contribution in [0.3, 0.4) is 0 Å². The van der Waals surface area contributed by atoms with Crippen LogP contribution in [0.1, 0.15) is 52.4 Å². The van der Waals surface area contributed by atoms with E-state index in [-0.39, 0.29) is 24.8 Å². The van der Waals surface area contributed by atoms with Gasteiger partial charge >= 0.3 is 6.18 Å². The minimum atomic E-state index is -4.74. The number of alkyl halides is 3. The number of rotatable bonds is 11. The number of likely N-dealkylation sites (tertiary alicyclic amines) is 2. The molecule has 1 aromatic rings. The fourth-order valence-electron chi connectivity index (χ4n) is 7.09. The predicted molar refractivity (Wildman–Crippen MR) is 154 cm³/mol. The van der Waals surface area contributed by atoms with E-state index in [1.54, 1.807) is 0 Å². The second kappa shape index (κ2) is 13.0. The van der Waals surface area contributed by atoms with Gasteiger partial charge in [-0.15, -0.1) is 0 Å². The third-order valence-electron chi connectivity index (χ3n) is 10.0. The van der Waals surface area contributed by atoms with Crippen LogP contribution in [0.5, 0.6) is 0 Å². The van der Waals surface area contributed by atoms with Gasteiger partial charge in [-0.3, -0.25) is 24.0 Å². The quantitative estimate of drug-likeness (QED) is 0.245. The van der Waals surface area contributed by atoms with Crippen molar-refractivity contribution in [3.05, 3.63) is 29.6 Å². The number of fused-ring (bicyclic) bond motifs is 1. The molecule has 3 N–H and O–H groups in total. The van der Waals surface area contributed by atoms with Crippen LogP contribution in [0.15, 0.2) is 12.1 Å². The van der Waals surface area contributed by atoms with Crippen LogP contribution in [0.2, 0.25) is 0 Å². The summed E-state index contributed by atoms with van der Waals surface area (Å²) in [5.41, 5.74) is -1.47. The summed E-state index contributed by atoms with van der Waals surface area (Å²) in [6.45, 7) is 4.78. The van der Waals surface area contributed by atoms with Crippen LogP contribution in [-0.4, -0.2) is 89.7 Å². The molecule has 5 rings (SSSR count). The van der Waals surface area contributed by atoms with Crippen molar-refractivity contribution in [1.29, 1.82) is 0 Å². The van der Waals surface area contributed by atoms with Crippen LogP contribution < -0.4 is 16.0 Å². The van der Waals surface area contributed by atoms with E-state index in [1.165, 1.54) is 4.90 Å². The van der Waals surface area contributed by atoms with Crippen LogP contribution in [0.4, 0.5) is 32.0 Å². The SMILES string of the molecule is CC1(C)[C@@H]2[C@@H](C(=O)N[C@@H](C[C@@H]3CCCNC3=O)C(=O)C(=O)N3CCC3)N(C(=O)[C@@H](CCC(F)(F)F)Nc3c(F)cc(F)cc3F)C[C@@H]21. The molecule has 1 aliphatic carbocycles. The molecular formula is C31H37F6N5O5. The second-order valence-corrected chi connectivity index (χ2v) is 13.4. The molecule has 1 saturated carbocycles. The number of Topliss-reactive ketones (excluding diaryl/α,β-unsaturated/α-hetero) is 1. The van der Waals surface area contributed by atoms with E-state index in [2.05, 4.69) is 16.0 Å². The summed E-state index contributed by atoms with van der Waals surface area (Å²) in [5, 5.41) is 7.46. The summed E-state index contributed by atoms with van der Waals surface area (Å²) in [5.74, 6) is -9.58. The number of carbonyl (C=O) groups is 5. The standard InChI is InChI=1S/C31H37F6N5O5/c1-30(2)17-14-42(28(46)20(6-7-31(35,36)37)39-23-18(33)12-16(32)13-19(23)34)24(22(17)30)27(45)40-21(11-15-5-3-8-38-26(15)44)25(43)29(47)41-9-4-10-41/h12-13,15,17,20-22,24,39H,3-11,14H2,1-2H3,(H,38,44)(H,40,45)/t15-,17-,20+,21-,22-,24-/m0/s1. The Morgan fingerprint density at radius 3 is 2.28 bits per heavy atom. The number of amides is 4. The topological polar surface area (TPSA) is 128 Å². The maximum atomic E-state index is 14.5. The number of nitrogens with zero attached hydrogens (tertiary/aromatic N) is 2. The molecule has 0 unspecified atom stereocenters. The normalized spacial score (nSPS) is 26.0. The van der Waals surface area contributed by atoms with E-state index >= 15 is 0 Å². The Labute approximate surface area is 267 Å². The number of hydrogen-bond donors (Lipinski definition) is 3. The van der Waals surface area contributed by atoms with E-state index in [1.807, 2.05) is 13.8 Å². The average Bonchev–Trinajstić information content (AvgIpc) is 3.26. The number of piperidine rings is 2. The molecule has 3 aliphatic heterocycles. The van der Waals surface area contributed by atoms with Crippen molar-refractivity contribution in [3.63, 3.8) is 0 Å². The lowest BCUT2D eigenvalue weighted by molar-refractivity contribution is -0.150. The Morgan fingerprint density at radius 1 is 1.04 bits per heavy atom. The van der Waals surface area contributed by atoms with Gasteiger partial charge in [0.1, 0.15) is 23.6 Å². The summed E-state index contributed by atoms with van der Waals surface area (Å²) >= 11 is 0. The number of ketones is 1. The van der Waals surface area contributed by atoms with Gasteiger partial charge in [0.25, 0.3) is 5.91 Å². The van der Waals surface area contributed by atoms with Gasteiger partial charge in [-0.1, -0.05) is 13.8 Å². The van der Waals surface area contributed by atoms with Crippen molar-refractivity contribution in [3.8, 4) is 0 Å². The lowest BCUT2D eigenvalue weighted by Crippen LogP contribution is -2.58. The Balaban J connectivity index is 1.41. The number of carbonyl (C=O) groups excluding carboxylic acids is 5. The first-order valence-electron chi connectivity index (χ1n) is 15.7. The first-order chi connectivity index (χ1) is 22.0. The molecule has 4 aliphatic rings. The van der Waals surface area contributed by atoms with Gasteiger partial charge in [-0.25, -0.2) is 13.2 Å². The zero-order valence-corrected chi connectivity index (χ0v) is 25.9. The van der Waals surface area contributed by atoms with E-state index < -0.39 is 101 Å². The van der Waals surface area contributed by atoms with Crippen LogP contribution >= 0.6 is 0 Å². The third kappa shape index (κ3) is 7.20. The highest BCUT2D eigenvalue weighted by Crippen LogP contribution is 2.65. The number of hydrogen-bond acceptors (Lipinski definition) is 6. The monoisotopic (exact) mass is 673 g/mol. The zero-order chi connectivity index (χ0) is 34.4. The van der Waals surface area contributed by atoms with Gasteiger partial charge in [0.2, 0.25) is 23.5 Å². The predicted octanol–water partition coefficient (Wildman–Crippen LogP) is 2.91. The fraction of sp³-hybridized carbons (Fsp3) is 0.645. The maximum absolute atomic E-state index is 14.5. The Kier molecular flexibility index (Phi) is 9.52. The molecule has 0 aromatic heterocycles. The molecule has 0 radical (unpaired) electrons. The molecule has 4 fully saturated rings. The molecule has 6 atom stereocenters. The van der Waals surface area contributed by atoms with Crippen molar-refractivity contribution in [1.82, 2.24) is 20.4 Å².